The molecule has 2 aromatic carbocycles. The number of aromatic amines is 1. The first kappa shape index (κ1) is 18.3. The van der Waals surface area contributed by atoms with E-state index in [9.17, 15) is 9.59 Å². The largest absolute Gasteiger partial charge is 0.361 e. The van der Waals surface area contributed by atoms with E-state index in [0.29, 0.717) is 13.1 Å². The number of benzene rings is 2. The summed E-state index contributed by atoms with van der Waals surface area (Å²) in [5.74, 6) is -0.316. The molecule has 0 aliphatic carbocycles. The van der Waals surface area contributed by atoms with Crippen molar-refractivity contribution in [2.75, 3.05) is 18.0 Å². The fourth-order valence-corrected chi connectivity index (χ4v) is 3.85. The summed E-state index contributed by atoms with van der Waals surface area (Å²) in [5, 5.41) is 4.20. The Hall–Kier alpha value is -3.08. The zero-order valence-electron chi connectivity index (χ0n) is 16.1. The number of hydrogen-bond acceptors (Lipinski definition) is 2. The summed E-state index contributed by atoms with van der Waals surface area (Å²) < 4.78 is 0. The van der Waals surface area contributed by atoms with Crippen LogP contribution < -0.4 is 10.2 Å². The van der Waals surface area contributed by atoms with Gasteiger partial charge in [-0.1, -0.05) is 37.3 Å². The van der Waals surface area contributed by atoms with Gasteiger partial charge in [0.05, 0.1) is 5.92 Å². The van der Waals surface area contributed by atoms with Crippen molar-refractivity contribution in [3.05, 3.63) is 65.9 Å². The van der Waals surface area contributed by atoms with Crippen molar-refractivity contribution in [2.24, 2.45) is 5.92 Å². The van der Waals surface area contributed by atoms with Crippen LogP contribution in [-0.2, 0) is 22.4 Å². The molecule has 0 bridgehead atoms. The van der Waals surface area contributed by atoms with Crippen molar-refractivity contribution in [2.45, 2.75) is 26.2 Å². The third-order valence-electron chi connectivity index (χ3n) is 5.52. The Morgan fingerprint density at radius 1 is 1.18 bits per heavy atom. The highest BCUT2D eigenvalue weighted by atomic mass is 16.2. The average Bonchev–Trinajstić information content (AvgIpc) is 3.32. The van der Waals surface area contributed by atoms with Crippen LogP contribution in [0.1, 0.15) is 24.5 Å². The predicted molar refractivity (Wildman–Crippen MR) is 111 cm³/mol. The molecule has 1 saturated heterocycles. The summed E-state index contributed by atoms with van der Waals surface area (Å²) in [6.45, 7) is 3.12. The van der Waals surface area contributed by atoms with Crippen LogP contribution in [0.15, 0.2) is 54.7 Å². The van der Waals surface area contributed by atoms with E-state index in [2.05, 4.69) is 23.3 Å². The SMILES string of the molecule is CCc1ccc(N2CC(C(=O)NCCc3c[nH]c4ccccc34)CC2=O)cc1. The number of amides is 2. The minimum atomic E-state index is -0.290. The molecular weight excluding hydrogens is 350 g/mol. The predicted octanol–water partition coefficient (Wildman–Crippen LogP) is 3.44. The third kappa shape index (κ3) is 3.65. The summed E-state index contributed by atoms with van der Waals surface area (Å²) in [5.41, 5.74) is 4.41. The third-order valence-corrected chi connectivity index (χ3v) is 5.52. The molecule has 144 valence electrons. The first-order valence-electron chi connectivity index (χ1n) is 9.87. The van der Waals surface area contributed by atoms with Gasteiger partial charge >= 0.3 is 0 Å². The van der Waals surface area contributed by atoms with Gasteiger partial charge in [-0.2, -0.15) is 0 Å². The molecule has 1 aromatic heterocycles. The second kappa shape index (κ2) is 7.89. The molecule has 28 heavy (non-hydrogen) atoms. The van der Waals surface area contributed by atoms with Crippen molar-refractivity contribution in [3.8, 4) is 0 Å². The molecule has 5 heteroatoms. The lowest BCUT2D eigenvalue weighted by Gasteiger charge is -2.17. The van der Waals surface area contributed by atoms with E-state index in [1.54, 1.807) is 4.90 Å². The maximum atomic E-state index is 12.6. The molecule has 5 nitrogen and oxygen atoms in total. The van der Waals surface area contributed by atoms with Gasteiger partial charge in [-0.3, -0.25) is 9.59 Å². The molecule has 2 N–H and O–H groups in total. The fourth-order valence-electron chi connectivity index (χ4n) is 3.85. The van der Waals surface area contributed by atoms with E-state index in [0.717, 1.165) is 24.0 Å². The Bertz CT molecular complexity index is 991. The minimum absolute atomic E-state index is 0.0148. The summed E-state index contributed by atoms with van der Waals surface area (Å²) in [6, 6.07) is 16.2. The maximum Gasteiger partial charge on any atom is 0.227 e. The molecule has 0 spiro atoms. The number of para-hydroxylation sites is 1. The number of hydrogen-bond donors (Lipinski definition) is 2. The van der Waals surface area contributed by atoms with E-state index in [1.807, 2.05) is 48.7 Å². The molecule has 1 fully saturated rings. The Labute approximate surface area is 164 Å². The van der Waals surface area contributed by atoms with Crippen molar-refractivity contribution >= 4 is 28.4 Å². The summed E-state index contributed by atoms with van der Waals surface area (Å²) >= 11 is 0. The smallest absolute Gasteiger partial charge is 0.227 e. The lowest BCUT2D eigenvalue weighted by Crippen LogP contribution is -2.34. The number of fused-ring (bicyclic) bond motifs is 1. The Morgan fingerprint density at radius 3 is 2.75 bits per heavy atom. The second-order valence-electron chi connectivity index (χ2n) is 7.33. The first-order chi connectivity index (χ1) is 13.7. The van der Waals surface area contributed by atoms with Crippen LogP contribution in [0.3, 0.4) is 0 Å². The summed E-state index contributed by atoms with van der Waals surface area (Å²) in [7, 11) is 0. The van der Waals surface area contributed by atoms with Crippen LogP contribution in [0.5, 0.6) is 0 Å². The minimum Gasteiger partial charge on any atom is -0.361 e. The van der Waals surface area contributed by atoms with Gasteiger partial charge in [-0.05, 0) is 42.2 Å². The molecule has 4 rings (SSSR count). The van der Waals surface area contributed by atoms with E-state index in [1.165, 1.54) is 16.5 Å². The molecule has 1 unspecified atom stereocenters. The van der Waals surface area contributed by atoms with Crippen molar-refractivity contribution in [1.29, 1.82) is 0 Å². The van der Waals surface area contributed by atoms with Gasteiger partial charge in [-0.25, -0.2) is 0 Å². The number of nitrogens with zero attached hydrogens (tertiary/aromatic N) is 1. The number of aryl methyl sites for hydroxylation is 1. The van der Waals surface area contributed by atoms with E-state index in [-0.39, 0.29) is 24.2 Å². The quantitative estimate of drug-likeness (QED) is 0.693. The molecule has 0 radical (unpaired) electrons. The lowest BCUT2D eigenvalue weighted by atomic mass is 10.1. The molecule has 0 saturated carbocycles. The molecule has 2 amide bonds. The van der Waals surface area contributed by atoms with Crippen LogP contribution >= 0.6 is 0 Å². The van der Waals surface area contributed by atoms with Gasteiger partial charge in [0, 0.05) is 42.3 Å². The van der Waals surface area contributed by atoms with Gasteiger partial charge < -0.3 is 15.2 Å². The first-order valence-corrected chi connectivity index (χ1v) is 9.87. The van der Waals surface area contributed by atoms with E-state index < -0.39 is 0 Å². The van der Waals surface area contributed by atoms with E-state index in [4.69, 9.17) is 0 Å². The van der Waals surface area contributed by atoms with Crippen LogP contribution in [0.25, 0.3) is 10.9 Å². The highest BCUT2D eigenvalue weighted by Gasteiger charge is 2.34. The topological polar surface area (TPSA) is 65.2 Å². The van der Waals surface area contributed by atoms with Gasteiger partial charge in [0.25, 0.3) is 0 Å². The van der Waals surface area contributed by atoms with Gasteiger partial charge in [0.1, 0.15) is 0 Å². The fraction of sp³-hybridized carbons (Fsp3) is 0.304. The van der Waals surface area contributed by atoms with Crippen molar-refractivity contribution in [1.82, 2.24) is 10.3 Å². The monoisotopic (exact) mass is 375 g/mol. The highest BCUT2D eigenvalue weighted by molar-refractivity contribution is 6.00. The van der Waals surface area contributed by atoms with E-state index >= 15 is 0 Å². The standard InChI is InChI=1S/C23H25N3O2/c1-2-16-7-9-19(10-8-16)26-15-18(13-22(26)27)23(28)24-12-11-17-14-25-21-6-4-3-5-20(17)21/h3-10,14,18,25H,2,11-13,15H2,1H3,(H,24,28). The van der Waals surface area contributed by atoms with Crippen LogP contribution in [0, 0.1) is 5.92 Å². The maximum absolute atomic E-state index is 12.6. The Morgan fingerprint density at radius 2 is 1.96 bits per heavy atom. The van der Waals surface area contributed by atoms with Crippen LogP contribution in [0.2, 0.25) is 0 Å². The highest BCUT2D eigenvalue weighted by Crippen LogP contribution is 2.25. The zero-order valence-corrected chi connectivity index (χ0v) is 16.1. The molecule has 1 aliphatic heterocycles. The second-order valence-corrected chi connectivity index (χ2v) is 7.33. The Kier molecular flexibility index (Phi) is 5.15. The number of carbonyl (C=O) groups excluding carboxylic acids is 2. The molecule has 1 aliphatic rings. The van der Waals surface area contributed by atoms with Gasteiger partial charge in [0.2, 0.25) is 11.8 Å². The van der Waals surface area contributed by atoms with Crippen molar-refractivity contribution < 1.29 is 9.59 Å². The van der Waals surface area contributed by atoms with Gasteiger partial charge in [0.15, 0.2) is 0 Å². The van der Waals surface area contributed by atoms with Crippen LogP contribution in [-0.4, -0.2) is 29.9 Å². The van der Waals surface area contributed by atoms with Crippen LogP contribution in [0.4, 0.5) is 5.69 Å². The molecule has 1 atom stereocenters. The van der Waals surface area contributed by atoms with Crippen molar-refractivity contribution in [3.63, 3.8) is 0 Å². The molecule has 2 heterocycles. The number of carbonyl (C=O) groups is 2. The number of H-pyrrole nitrogens is 1. The zero-order chi connectivity index (χ0) is 19.5. The molecule has 3 aromatic rings. The lowest BCUT2D eigenvalue weighted by molar-refractivity contribution is -0.126. The Balaban J connectivity index is 1.33. The normalized spacial score (nSPS) is 16.7. The summed E-state index contributed by atoms with van der Waals surface area (Å²) in [4.78, 5) is 29.9. The number of rotatable bonds is 6. The van der Waals surface area contributed by atoms with Gasteiger partial charge in [-0.15, -0.1) is 0 Å². The average molecular weight is 375 g/mol. The number of aromatic nitrogens is 1. The number of nitrogens with one attached hydrogen (secondary N) is 2. The summed E-state index contributed by atoms with van der Waals surface area (Å²) in [6.07, 6.45) is 4.00. The number of anilines is 1. The molecular formula is C23H25N3O2.